The number of carboxylic acids is 1. The lowest BCUT2D eigenvalue weighted by Gasteiger charge is -2.08. The fourth-order valence-corrected chi connectivity index (χ4v) is 2.12. The molecular formula is C13H14O4S. The summed E-state index contributed by atoms with van der Waals surface area (Å²) in [5.41, 5.74) is 0.653. The van der Waals surface area contributed by atoms with Crippen LogP contribution in [-0.2, 0) is 20.7 Å². The first-order valence-electron chi connectivity index (χ1n) is 5.38. The van der Waals surface area contributed by atoms with E-state index in [1.54, 1.807) is 31.2 Å². The fourth-order valence-electron chi connectivity index (χ4n) is 1.30. The van der Waals surface area contributed by atoms with Gasteiger partial charge in [-0.15, -0.1) is 0 Å². The molecular weight excluding hydrogens is 252 g/mol. The number of ether oxygens (including phenoxy) is 1. The zero-order chi connectivity index (χ0) is 13.5. The molecule has 18 heavy (non-hydrogen) atoms. The Labute approximate surface area is 110 Å². The highest BCUT2D eigenvalue weighted by Crippen LogP contribution is 2.29. The van der Waals surface area contributed by atoms with Crippen LogP contribution in [0.1, 0.15) is 12.5 Å². The summed E-state index contributed by atoms with van der Waals surface area (Å²) in [5.74, 6) is -1.39. The van der Waals surface area contributed by atoms with Gasteiger partial charge in [0, 0.05) is 4.90 Å². The average Bonchev–Trinajstić information content (AvgIpc) is 2.31. The topological polar surface area (TPSA) is 63.6 Å². The van der Waals surface area contributed by atoms with E-state index in [4.69, 9.17) is 9.84 Å². The number of benzene rings is 1. The molecule has 0 aliphatic rings. The van der Waals surface area contributed by atoms with Crippen molar-refractivity contribution in [3.8, 4) is 0 Å². The Balaban J connectivity index is 2.80. The van der Waals surface area contributed by atoms with Gasteiger partial charge in [0.1, 0.15) is 0 Å². The molecule has 1 aromatic carbocycles. The lowest BCUT2D eigenvalue weighted by molar-refractivity contribution is -0.138. The summed E-state index contributed by atoms with van der Waals surface area (Å²) in [4.78, 5) is 23.1. The number of hydrogen-bond donors (Lipinski definition) is 1. The van der Waals surface area contributed by atoms with Crippen molar-refractivity contribution in [3.63, 3.8) is 0 Å². The number of carbonyl (C=O) groups excluding carboxylic acids is 1. The third-order valence-electron chi connectivity index (χ3n) is 2.05. The smallest absolute Gasteiger partial charge is 0.344 e. The first-order valence-corrected chi connectivity index (χ1v) is 6.19. The van der Waals surface area contributed by atoms with E-state index >= 15 is 0 Å². The quantitative estimate of drug-likeness (QED) is 0.487. The van der Waals surface area contributed by atoms with Gasteiger partial charge >= 0.3 is 11.9 Å². The van der Waals surface area contributed by atoms with Crippen LogP contribution in [0.4, 0.5) is 0 Å². The number of rotatable bonds is 6. The van der Waals surface area contributed by atoms with Gasteiger partial charge in [0.05, 0.1) is 17.9 Å². The number of carboxylic acid groups (broad SMARTS) is 1. The lowest BCUT2D eigenvalue weighted by Crippen LogP contribution is -2.05. The summed E-state index contributed by atoms with van der Waals surface area (Å²) in [6.45, 7) is 5.63. The van der Waals surface area contributed by atoms with Crippen LogP contribution in [0.25, 0.3) is 0 Å². The average molecular weight is 266 g/mol. The molecule has 0 fully saturated rings. The van der Waals surface area contributed by atoms with Crippen LogP contribution < -0.4 is 0 Å². The lowest BCUT2D eigenvalue weighted by atomic mass is 10.1. The van der Waals surface area contributed by atoms with Gasteiger partial charge in [-0.3, -0.25) is 4.79 Å². The van der Waals surface area contributed by atoms with Gasteiger partial charge < -0.3 is 9.84 Å². The Bertz CT molecular complexity index is 468. The Kier molecular flexibility index (Phi) is 5.45. The third kappa shape index (κ3) is 4.25. The van der Waals surface area contributed by atoms with Crippen LogP contribution in [-0.4, -0.2) is 23.7 Å². The van der Waals surface area contributed by atoms with Gasteiger partial charge in [0.25, 0.3) is 0 Å². The molecule has 0 radical (unpaired) electrons. The largest absolute Gasteiger partial charge is 0.481 e. The number of aliphatic carboxylic acids is 1. The minimum Gasteiger partial charge on any atom is -0.481 e. The summed E-state index contributed by atoms with van der Waals surface area (Å²) in [7, 11) is 0. The van der Waals surface area contributed by atoms with Gasteiger partial charge in [0.15, 0.2) is 0 Å². The SMILES string of the molecule is C=C(Sc1ccccc1CC(=O)O)C(=O)OCC. The molecule has 0 aliphatic carbocycles. The molecule has 0 aromatic heterocycles. The van der Waals surface area contributed by atoms with E-state index in [9.17, 15) is 9.59 Å². The summed E-state index contributed by atoms with van der Waals surface area (Å²) in [6.07, 6.45) is -0.0840. The Morgan fingerprint density at radius 2 is 2.06 bits per heavy atom. The van der Waals surface area contributed by atoms with E-state index in [-0.39, 0.29) is 17.9 Å². The first-order chi connectivity index (χ1) is 8.54. The van der Waals surface area contributed by atoms with Gasteiger partial charge in [-0.2, -0.15) is 0 Å². The molecule has 0 saturated heterocycles. The summed E-state index contributed by atoms with van der Waals surface area (Å²) in [5, 5.41) is 8.80. The summed E-state index contributed by atoms with van der Waals surface area (Å²) >= 11 is 1.13. The van der Waals surface area contributed by atoms with Crippen molar-refractivity contribution in [1.29, 1.82) is 0 Å². The molecule has 0 saturated carbocycles. The molecule has 1 rings (SSSR count). The van der Waals surface area contributed by atoms with Crippen molar-refractivity contribution >= 4 is 23.7 Å². The second-order valence-electron chi connectivity index (χ2n) is 3.42. The number of thioether (sulfide) groups is 1. The Hall–Kier alpha value is -1.75. The van der Waals surface area contributed by atoms with Crippen molar-refractivity contribution < 1.29 is 19.4 Å². The van der Waals surface area contributed by atoms with Crippen molar-refractivity contribution in [2.24, 2.45) is 0 Å². The van der Waals surface area contributed by atoms with Crippen LogP contribution in [0.3, 0.4) is 0 Å². The number of esters is 1. The Morgan fingerprint density at radius 1 is 1.39 bits per heavy atom. The van der Waals surface area contributed by atoms with Gasteiger partial charge in [-0.1, -0.05) is 36.5 Å². The van der Waals surface area contributed by atoms with Gasteiger partial charge in [0.2, 0.25) is 0 Å². The highest BCUT2D eigenvalue weighted by atomic mass is 32.2. The van der Waals surface area contributed by atoms with Crippen LogP contribution in [0, 0.1) is 0 Å². The summed E-state index contributed by atoms with van der Waals surface area (Å²) < 4.78 is 4.82. The molecule has 1 N–H and O–H groups in total. The fraction of sp³-hybridized carbons (Fsp3) is 0.231. The maximum atomic E-state index is 11.4. The maximum absolute atomic E-state index is 11.4. The zero-order valence-electron chi connectivity index (χ0n) is 10.0. The van der Waals surface area contributed by atoms with E-state index in [0.717, 1.165) is 11.8 Å². The monoisotopic (exact) mass is 266 g/mol. The maximum Gasteiger partial charge on any atom is 0.344 e. The molecule has 0 amide bonds. The van der Waals surface area contributed by atoms with Crippen LogP contribution in [0.5, 0.6) is 0 Å². The minimum absolute atomic E-state index is 0.0840. The number of carbonyl (C=O) groups is 2. The predicted octanol–water partition coefficient (Wildman–Crippen LogP) is 2.48. The Morgan fingerprint density at radius 3 is 2.67 bits per heavy atom. The van der Waals surface area contributed by atoms with Crippen LogP contribution in [0.15, 0.2) is 40.6 Å². The first kappa shape index (κ1) is 14.3. The molecule has 0 bridgehead atoms. The molecule has 96 valence electrons. The summed E-state index contributed by atoms with van der Waals surface area (Å²) in [6, 6.07) is 7.02. The minimum atomic E-state index is -0.912. The van der Waals surface area contributed by atoms with E-state index < -0.39 is 11.9 Å². The molecule has 0 unspecified atom stereocenters. The standard InChI is InChI=1S/C13H14O4S/c1-3-17-13(16)9(2)18-11-7-5-4-6-10(11)8-12(14)15/h4-7H,2-3,8H2,1H3,(H,14,15). The van der Waals surface area contributed by atoms with Crippen molar-refractivity contribution in [3.05, 3.63) is 41.3 Å². The van der Waals surface area contributed by atoms with Crippen molar-refractivity contribution in [2.45, 2.75) is 18.2 Å². The molecule has 4 nitrogen and oxygen atoms in total. The second-order valence-corrected chi connectivity index (χ2v) is 4.56. The van der Waals surface area contributed by atoms with Crippen LogP contribution in [0.2, 0.25) is 0 Å². The molecule has 0 spiro atoms. The van der Waals surface area contributed by atoms with Crippen molar-refractivity contribution in [2.75, 3.05) is 6.61 Å². The van der Waals surface area contributed by atoms with E-state index in [1.807, 2.05) is 0 Å². The predicted molar refractivity (Wildman–Crippen MR) is 69.4 cm³/mol. The zero-order valence-corrected chi connectivity index (χ0v) is 10.8. The van der Waals surface area contributed by atoms with E-state index in [0.29, 0.717) is 10.5 Å². The van der Waals surface area contributed by atoms with E-state index in [2.05, 4.69) is 6.58 Å². The van der Waals surface area contributed by atoms with Gasteiger partial charge in [-0.05, 0) is 18.6 Å². The van der Waals surface area contributed by atoms with Crippen molar-refractivity contribution in [1.82, 2.24) is 0 Å². The highest BCUT2D eigenvalue weighted by molar-refractivity contribution is 8.04. The van der Waals surface area contributed by atoms with E-state index in [1.165, 1.54) is 0 Å². The molecule has 0 heterocycles. The van der Waals surface area contributed by atoms with Crippen LogP contribution >= 0.6 is 11.8 Å². The second kappa shape index (κ2) is 6.86. The normalized spacial score (nSPS) is 9.83. The number of hydrogen-bond acceptors (Lipinski definition) is 4. The third-order valence-corrected chi connectivity index (χ3v) is 3.08. The highest BCUT2D eigenvalue weighted by Gasteiger charge is 2.13. The molecule has 0 aliphatic heterocycles. The van der Waals surface area contributed by atoms with Gasteiger partial charge in [-0.25, -0.2) is 4.79 Å². The molecule has 5 heteroatoms. The molecule has 1 aromatic rings. The molecule has 0 atom stereocenters.